The van der Waals surface area contributed by atoms with Gasteiger partial charge in [0.25, 0.3) is 0 Å². The van der Waals surface area contributed by atoms with Crippen molar-refractivity contribution in [2.75, 3.05) is 13.1 Å². The van der Waals surface area contributed by atoms with E-state index < -0.39 is 0 Å². The lowest BCUT2D eigenvalue weighted by atomic mass is 9.91. The van der Waals surface area contributed by atoms with E-state index in [0.29, 0.717) is 12.3 Å². The average molecular weight is 283 g/mol. The number of hydrogen-bond acceptors (Lipinski definition) is 2. The molecule has 0 spiro atoms. The molecule has 0 bridgehead atoms. The number of hydrogen-bond donors (Lipinski definition) is 2. The molecular weight excluding hydrogens is 254 g/mol. The van der Waals surface area contributed by atoms with Gasteiger partial charge in [0.2, 0.25) is 5.91 Å². The molecule has 0 aliphatic carbocycles. The normalized spacial score (nSPS) is 21.2. The highest BCUT2D eigenvalue weighted by molar-refractivity contribution is 5.76. The van der Waals surface area contributed by atoms with E-state index in [1.54, 1.807) is 0 Å². The van der Waals surface area contributed by atoms with Crippen molar-refractivity contribution in [1.29, 1.82) is 0 Å². The van der Waals surface area contributed by atoms with Gasteiger partial charge in [0, 0.05) is 31.1 Å². The minimum atomic E-state index is -0.236. The summed E-state index contributed by atoms with van der Waals surface area (Å²) in [5.41, 5.74) is -0.236. The fraction of sp³-hybridized carbons (Fsp3) is 0.867. The first-order chi connectivity index (χ1) is 9.23. The molecule has 1 fully saturated rings. The van der Waals surface area contributed by atoms with Gasteiger partial charge in [-0.15, -0.1) is 0 Å². The second kappa shape index (κ2) is 6.95. The lowest BCUT2D eigenvalue weighted by Gasteiger charge is -2.36. The van der Waals surface area contributed by atoms with Gasteiger partial charge in [-0.2, -0.15) is 0 Å². The van der Waals surface area contributed by atoms with Crippen LogP contribution in [-0.2, 0) is 4.79 Å². The van der Waals surface area contributed by atoms with Crippen molar-refractivity contribution < 1.29 is 9.59 Å². The van der Waals surface area contributed by atoms with Crippen LogP contribution in [-0.4, -0.2) is 41.5 Å². The van der Waals surface area contributed by atoms with E-state index >= 15 is 0 Å². The summed E-state index contributed by atoms with van der Waals surface area (Å²) in [5, 5.41) is 5.90. The third-order valence-corrected chi connectivity index (χ3v) is 3.67. The maximum atomic E-state index is 11.9. The SMILES string of the molecule is CCC(=O)N1CCC[C@H]([C@@H](C)NC(=O)NC(C)(C)C)C1. The lowest BCUT2D eigenvalue weighted by Crippen LogP contribution is -2.53. The van der Waals surface area contributed by atoms with Gasteiger partial charge in [0.1, 0.15) is 0 Å². The minimum Gasteiger partial charge on any atom is -0.342 e. The van der Waals surface area contributed by atoms with Crippen LogP contribution in [0.3, 0.4) is 0 Å². The Hall–Kier alpha value is -1.26. The molecule has 0 radical (unpaired) electrons. The Morgan fingerprint density at radius 2 is 2.00 bits per heavy atom. The number of rotatable bonds is 3. The molecule has 0 aromatic heterocycles. The number of carbonyl (C=O) groups is 2. The standard InChI is InChI=1S/C15H29N3O2/c1-6-13(19)18-9-7-8-12(10-18)11(2)16-14(20)17-15(3,4)5/h11-12H,6-10H2,1-5H3,(H2,16,17,20)/t11-,12+/m1/s1. The number of amides is 3. The van der Waals surface area contributed by atoms with Gasteiger partial charge >= 0.3 is 6.03 Å². The zero-order valence-electron chi connectivity index (χ0n) is 13.5. The number of nitrogens with one attached hydrogen (secondary N) is 2. The molecule has 5 heteroatoms. The molecule has 1 rings (SSSR count). The van der Waals surface area contributed by atoms with Crippen LogP contribution in [0.25, 0.3) is 0 Å². The molecule has 3 amide bonds. The molecule has 2 atom stereocenters. The van der Waals surface area contributed by atoms with Crippen molar-refractivity contribution in [3.05, 3.63) is 0 Å². The summed E-state index contributed by atoms with van der Waals surface area (Å²) in [6.07, 6.45) is 2.63. The highest BCUT2D eigenvalue weighted by atomic mass is 16.2. The topological polar surface area (TPSA) is 61.4 Å². The van der Waals surface area contributed by atoms with Crippen molar-refractivity contribution >= 4 is 11.9 Å². The summed E-state index contributed by atoms with van der Waals surface area (Å²) in [6.45, 7) is 11.4. The van der Waals surface area contributed by atoms with E-state index in [1.165, 1.54) is 0 Å². The molecule has 1 aliphatic heterocycles. The van der Waals surface area contributed by atoms with E-state index in [1.807, 2.05) is 39.5 Å². The summed E-state index contributed by atoms with van der Waals surface area (Å²) in [7, 11) is 0. The smallest absolute Gasteiger partial charge is 0.315 e. The van der Waals surface area contributed by atoms with E-state index in [4.69, 9.17) is 0 Å². The van der Waals surface area contributed by atoms with Gasteiger partial charge < -0.3 is 15.5 Å². The first-order valence-corrected chi connectivity index (χ1v) is 7.59. The fourth-order valence-electron chi connectivity index (χ4n) is 2.57. The average Bonchev–Trinajstić information content (AvgIpc) is 2.35. The number of likely N-dealkylation sites (tertiary alicyclic amines) is 1. The monoisotopic (exact) mass is 283 g/mol. The van der Waals surface area contributed by atoms with Crippen molar-refractivity contribution in [2.24, 2.45) is 5.92 Å². The maximum Gasteiger partial charge on any atom is 0.315 e. The summed E-state index contributed by atoms with van der Waals surface area (Å²) in [6, 6.07) is -0.0613. The van der Waals surface area contributed by atoms with E-state index in [9.17, 15) is 9.59 Å². The summed E-state index contributed by atoms with van der Waals surface area (Å²) >= 11 is 0. The summed E-state index contributed by atoms with van der Waals surface area (Å²) < 4.78 is 0. The number of carbonyl (C=O) groups excluding carboxylic acids is 2. The molecular formula is C15H29N3O2. The molecule has 116 valence electrons. The first kappa shape index (κ1) is 16.8. The second-order valence-electron chi connectivity index (χ2n) is 6.73. The number of nitrogens with zero attached hydrogens (tertiary/aromatic N) is 1. The molecule has 0 aromatic carbocycles. The molecule has 2 N–H and O–H groups in total. The van der Waals surface area contributed by atoms with Gasteiger partial charge in [-0.25, -0.2) is 4.79 Å². The van der Waals surface area contributed by atoms with Crippen LogP contribution < -0.4 is 10.6 Å². The van der Waals surface area contributed by atoms with Crippen molar-refractivity contribution in [1.82, 2.24) is 15.5 Å². The lowest BCUT2D eigenvalue weighted by molar-refractivity contribution is -0.132. The Bertz CT molecular complexity index is 350. The predicted octanol–water partition coefficient (Wildman–Crippen LogP) is 2.12. The molecule has 1 heterocycles. The Morgan fingerprint density at radius 1 is 1.35 bits per heavy atom. The maximum absolute atomic E-state index is 11.9. The minimum absolute atomic E-state index is 0.0739. The van der Waals surface area contributed by atoms with Crippen LogP contribution >= 0.6 is 0 Å². The Labute approximate surface area is 122 Å². The molecule has 1 aliphatic rings. The zero-order chi connectivity index (χ0) is 15.3. The highest BCUT2D eigenvalue weighted by Gasteiger charge is 2.28. The van der Waals surface area contributed by atoms with E-state index in [-0.39, 0.29) is 23.5 Å². The Morgan fingerprint density at radius 3 is 2.55 bits per heavy atom. The van der Waals surface area contributed by atoms with Crippen LogP contribution in [0, 0.1) is 5.92 Å². The molecule has 0 aromatic rings. The molecule has 20 heavy (non-hydrogen) atoms. The zero-order valence-corrected chi connectivity index (χ0v) is 13.5. The van der Waals surface area contributed by atoms with Crippen LogP contribution in [0.5, 0.6) is 0 Å². The molecule has 5 nitrogen and oxygen atoms in total. The predicted molar refractivity (Wildman–Crippen MR) is 80.5 cm³/mol. The van der Waals surface area contributed by atoms with Crippen molar-refractivity contribution in [2.45, 2.75) is 65.5 Å². The first-order valence-electron chi connectivity index (χ1n) is 7.59. The summed E-state index contributed by atoms with van der Waals surface area (Å²) in [4.78, 5) is 25.6. The van der Waals surface area contributed by atoms with Crippen LogP contribution in [0.1, 0.15) is 53.9 Å². The number of urea groups is 1. The van der Waals surface area contributed by atoms with Gasteiger partial charge in [-0.3, -0.25) is 4.79 Å². The third kappa shape index (κ3) is 5.39. The van der Waals surface area contributed by atoms with Crippen LogP contribution in [0.15, 0.2) is 0 Å². The fourth-order valence-corrected chi connectivity index (χ4v) is 2.57. The molecule has 1 saturated heterocycles. The quantitative estimate of drug-likeness (QED) is 0.833. The van der Waals surface area contributed by atoms with Gasteiger partial charge in [-0.05, 0) is 46.5 Å². The number of piperidine rings is 1. The second-order valence-corrected chi connectivity index (χ2v) is 6.73. The third-order valence-electron chi connectivity index (χ3n) is 3.67. The van der Waals surface area contributed by atoms with Crippen LogP contribution in [0.4, 0.5) is 4.79 Å². The summed E-state index contributed by atoms with van der Waals surface area (Å²) in [5.74, 6) is 0.547. The highest BCUT2D eigenvalue weighted by Crippen LogP contribution is 2.20. The van der Waals surface area contributed by atoms with Crippen molar-refractivity contribution in [3.63, 3.8) is 0 Å². The van der Waals surface area contributed by atoms with Gasteiger partial charge in [-0.1, -0.05) is 6.92 Å². The Balaban J connectivity index is 2.48. The van der Waals surface area contributed by atoms with Crippen LogP contribution in [0.2, 0.25) is 0 Å². The molecule has 0 saturated carbocycles. The van der Waals surface area contributed by atoms with E-state index in [0.717, 1.165) is 25.9 Å². The van der Waals surface area contributed by atoms with Gasteiger partial charge in [0.15, 0.2) is 0 Å². The van der Waals surface area contributed by atoms with E-state index in [2.05, 4.69) is 10.6 Å². The largest absolute Gasteiger partial charge is 0.342 e. The van der Waals surface area contributed by atoms with Crippen molar-refractivity contribution in [3.8, 4) is 0 Å². The van der Waals surface area contributed by atoms with Gasteiger partial charge in [0.05, 0.1) is 0 Å². The Kier molecular flexibility index (Phi) is 5.84. The molecule has 0 unspecified atom stereocenters.